The van der Waals surface area contributed by atoms with Gasteiger partial charge in [-0.15, -0.1) is 0 Å². The van der Waals surface area contributed by atoms with E-state index >= 15 is 0 Å². The summed E-state index contributed by atoms with van der Waals surface area (Å²) in [6.45, 7) is 0. The fourth-order valence-corrected chi connectivity index (χ4v) is 0. The van der Waals surface area contributed by atoms with Crippen molar-refractivity contribution in [3.05, 3.63) is 0 Å². The number of hydrogen-bond acceptors (Lipinski definition) is 0. The van der Waals surface area contributed by atoms with Gasteiger partial charge in [-0.1, -0.05) is 0 Å². The second kappa shape index (κ2) is 67.0. The Hall–Kier alpha value is 5.83. The monoisotopic (exact) mass is 858 g/mol. The molecule has 0 fully saturated rings. The summed E-state index contributed by atoms with van der Waals surface area (Å²) in [7, 11) is 0. The smallest absolute Gasteiger partial charge is 2.00 e. The Balaban J connectivity index is 0. The molecule has 8 radical (unpaired) electrons. The molecule has 0 amide bonds. The maximum atomic E-state index is 0. The van der Waals surface area contributed by atoms with E-state index in [-0.39, 0.29) is 206 Å². The summed E-state index contributed by atoms with van der Waals surface area (Å²) in [4.78, 5) is 0. The zero-order valence-electron chi connectivity index (χ0n) is 8.24. The van der Waals surface area contributed by atoms with E-state index in [9.17, 15) is 0 Å². The predicted octanol–water partition coefficient (Wildman–Crippen LogP) is -1.43. The number of hydrogen-bond donors (Lipinski definition) is 0. The Bertz CT molecular complexity index is 29.4. The Morgan fingerprint density at radius 2 is 0.556 bits per heavy atom. The van der Waals surface area contributed by atoms with Crippen molar-refractivity contribution < 1.29 is 56.3 Å². The van der Waals surface area contributed by atoms with E-state index in [0.29, 0.717) is 0 Å². The van der Waals surface area contributed by atoms with Gasteiger partial charge in [0.25, 0.3) is 0 Å². The van der Waals surface area contributed by atoms with Gasteiger partial charge in [-0.05, 0) is 0 Å². The molecule has 0 aliphatic carbocycles. The van der Waals surface area contributed by atoms with E-state index in [2.05, 4.69) is 0 Å². The molecule has 0 N–H and O–H groups in total. The second-order valence-corrected chi connectivity index (χ2v) is 0. The molecule has 0 aliphatic rings. The third kappa shape index (κ3) is 57.0. The van der Waals surface area contributed by atoms with Gasteiger partial charge in [0, 0.05) is 52.4 Å². The van der Waals surface area contributed by atoms with E-state index in [1.54, 1.807) is 0 Å². The molecule has 0 atom stereocenters. The molecule has 0 rings (SSSR count). The first-order valence-electron chi connectivity index (χ1n) is 0. The predicted molar refractivity (Wildman–Crippen MR) is 29.5 cm³/mol. The molecule has 0 aromatic carbocycles. The molecule has 0 aromatic heterocycles. The van der Waals surface area contributed by atoms with Crippen LogP contribution < -0.4 is 0 Å². The van der Waals surface area contributed by atoms with Gasteiger partial charge in [-0.3, -0.25) is 0 Å². The van der Waals surface area contributed by atoms with Crippen molar-refractivity contribution in [3.63, 3.8) is 0 Å². The van der Waals surface area contributed by atoms with Crippen LogP contribution in [-0.4, -0.2) is 150 Å². The van der Waals surface area contributed by atoms with Crippen molar-refractivity contribution in [2.24, 2.45) is 0 Å². The zero-order valence-corrected chi connectivity index (χ0v) is 22.3. The normalized spacial score (nSPS) is 0. The largest absolute Gasteiger partial charge is 3.00 e. The van der Waals surface area contributed by atoms with E-state index in [1.807, 2.05) is 0 Å². The summed E-state index contributed by atoms with van der Waals surface area (Å²) < 4.78 is 0. The summed E-state index contributed by atoms with van der Waals surface area (Å²) in [6, 6.07) is 0. The van der Waals surface area contributed by atoms with Crippen LogP contribution in [-0.2, 0) is 50.6 Å². The molecule has 0 saturated carbocycles. The van der Waals surface area contributed by atoms with Crippen LogP contribution in [0.1, 0.15) is 5.71 Å². The minimum Gasteiger partial charge on any atom is -2.00 e. The zero-order chi connectivity index (χ0) is 0. The Morgan fingerprint density at radius 1 is 0.556 bits per heavy atom. The topological polar surface area (TPSA) is 85.5 Å². The fourth-order valence-electron chi connectivity index (χ4n) is 0. The summed E-state index contributed by atoms with van der Waals surface area (Å²) in [5.74, 6) is 0. The van der Waals surface area contributed by atoms with E-state index in [4.69, 9.17) is 0 Å². The van der Waals surface area contributed by atoms with Gasteiger partial charge < -0.3 is 22.1 Å². The van der Waals surface area contributed by atoms with Crippen molar-refractivity contribution in [1.29, 1.82) is 0 Å². The van der Waals surface area contributed by atoms with Crippen molar-refractivity contribution >= 4 is 150 Å². The first-order valence-corrected chi connectivity index (χ1v) is 0. The van der Waals surface area contributed by atoms with Gasteiger partial charge in [-0.25, -0.2) is 0 Å². The van der Waals surface area contributed by atoms with Gasteiger partial charge in [0.2, 0.25) is 0 Å². The van der Waals surface area contributed by atoms with E-state index in [1.165, 1.54) is 0 Å². The third-order valence-electron chi connectivity index (χ3n) is 0. The van der Waals surface area contributed by atoms with Crippen LogP contribution in [0, 0.1) is 0 Å². The van der Waals surface area contributed by atoms with Crippen LogP contribution in [0.2, 0.25) is 0 Å². The molecule has 9 heteroatoms. The van der Waals surface area contributed by atoms with Gasteiger partial charge in [-0.2, -0.15) is 0 Å². The average Bonchev–Trinajstić information content (AvgIpc) is 0. The molecule has 0 spiro atoms. The summed E-state index contributed by atoms with van der Waals surface area (Å²) in [5.41, 5.74) is 0. The quantitative estimate of drug-likeness (QED) is 0.268. The molecular weight excluding hydrogens is 852 g/mol. The van der Waals surface area contributed by atoms with Gasteiger partial charge in [0.1, 0.15) is 0 Å². The van der Waals surface area contributed by atoms with Crippen molar-refractivity contribution in [2.45, 2.75) is 0 Å². The van der Waals surface area contributed by atoms with Crippen LogP contribution in [0.4, 0.5) is 0 Å². The minimum atomic E-state index is 0. The molecule has 3 nitrogen and oxygen atoms in total. The minimum absolute atomic E-state index is 0. The first-order chi connectivity index (χ1) is 0. The SMILES string of the molecule is [Ba+2].[Ba+2].[Bi].[Bi].[Fe+3].[Fe+3].[H-].[H-].[H-].[H-].[O-2].[O-2].[O-2]. The Labute approximate surface area is 201 Å². The molecule has 0 bridgehead atoms. The number of rotatable bonds is 0. The standard InChI is InChI=1S/2Ba.2Bi.2Fe.3O.4H/q2*+2;;;2*+3;3*-2;4*-1. The van der Waals surface area contributed by atoms with E-state index in [0.717, 1.165) is 0 Å². The van der Waals surface area contributed by atoms with Crippen LogP contribution >= 0.6 is 0 Å². The molecule has 0 unspecified atom stereocenters. The van der Waals surface area contributed by atoms with Crippen LogP contribution in [0.5, 0.6) is 0 Å². The molecule has 0 aliphatic heterocycles. The summed E-state index contributed by atoms with van der Waals surface area (Å²) in [6.07, 6.45) is 0. The Morgan fingerprint density at radius 3 is 0.556 bits per heavy atom. The summed E-state index contributed by atoms with van der Waals surface area (Å²) in [5, 5.41) is 0. The Kier molecular flexibility index (Phi) is 621. The van der Waals surface area contributed by atoms with Crippen molar-refractivity contribution in [1.82, 2.24) is 0 Å². The third-order valence-corrected chi connectivity index (χ3v) is 0. The molecule has 9 heavy (non-hydrogen) atoms. The molecule has 0 heterocycles. The second-order valence-electron chi connectivity index (χ2n) is 0. The van der Waals surface area contributed by atoms with Crippen LogP contribution in [0.25, 0.3) is 0 Å². The molecular formula is H4Ba2Bi2Fe2O3. The molecule has 52 valence electrons. The van der Waals surface area contributed by atoms with Gasteiger partial charge in [0.05, 0.1) is 0 Å². The van der Waals surface area contributed by atoms with Crippen molar-refractivity contribution in [2.75, 3.05) is 0 Å². The van der Waals surface area contributed by atoms with Crippen LogP contribution in [0.3, 0.4) is 0 Å². The van der Waals surface area contributed by atoms with Gasteiger partial charge in [0.15, 0.2) is 0 Å². The average molecular weight is 856 g/mol. The van der Waals surface area contributed by atoms with Gasteiger partial charge >= 0.3 is 132 Å². The molecule has 0 aromatic rings. The maximum Gasteiger partial charge on any atom is 3.00 e. The van der Waals surface area contributed by atoms with E-state index < -0.39 is 0 Å². The first kappa shape index (κ1) is 83.5. The van der Waals surface area contributed by atoms with Crippen LogP contribution in [0.15, 0.2) is 0 Å². The summed E-state index contributed by atoms with van der Waals surface area (Å²) >= 11 is 0. The molecule has 0 saturated heterocycles. The van der Waals surface area contributed by atoms with Crippen molar-refractivity contribution in [3.8, 4) is 0 Å². The fraction of sp³-hybridized carbons (Fsp3) is 0. The maximum absolute atomic E-state index is 0.